The lowest BCUT2D eigenvalue weighted by molar-refractivity contribution is 0.640. The van der Waals surface area contributed by atoms with E-state index in [-0.39, 0.29) is 5.82 Å². The third-order valence-corrected chi connectivity index (χ3v) is 3.86. The highest BCUT2D eigenvalue weighted by Gasteiger charge is 2.09. The van der Waals surface area contributed by atoms with Crippen molar-refractivity contribution in [3.63, 3.8) is 0 Å². The van der Waals surface area contributed by atoms with Gasteiger partial charge in [-0.3, -0.25) is 0 Å². The van der Waals surface area contributed by atoms with Crippen LogP contribution in [0.1, 0.15) is 0 Å². The molecule has 0 aliphatic carbocycles. The van der Waals surface area contributed by atoms with Crippen LogP contribution in [0.4, 0.5) is 10.1 Å². The van der Waals surface area contributed by atoms with Crippen molar-refractivity contribution in [2.75, 3.05) is 5.73 Å². The minimum absolute atomic E-state index is 0.232. The lowest BCUT2D eigenvalue weighted by Crippen LogP contribution is -1.85. The van der Waals surface area contributed by atoms with Gasteiger partial charge in [0.05, 0.1) is 14.0 Å². The fourth-order valence-corrected chi connectivity index (χ4v) is 2.94. The van der Waals surface area contributed by atoms with Crippen LogP contribution < -0.4 is 5.73 Å². The molecular formula is C8H5FINS. The molecule has 1 aromatic heterocycles. The molecule has 0 fully saturated rings. The first-order valence-electron chi connectivity index (χ1n) is 3.32. The summed E-state index contributed by atoms with van der Waals surface area (Å²) in [6.07, 6.45) is 0. The molecule has 4 heteroatoms. The molecular weight excluding hydrogens is 288 g/mol. The lowest BCUT2D eigenvalue weighted by atomic mass is 10.2. The van der Waals surface area contributed by atoms with Crippen molar-refractivity contribution in [3.8, 4) is 0 Å². The second kappa shape index (κ2) is 2.85. The number of rotatable bonds is 0. The maximum Gasteiger partial charge on any atom is 0.133 e. The summed E-state index contributed by atoms with van der Waals surface area (Å²) >= 11 is 3.64. The number of nitrogen functional groups attached to an aromatic ring is 1. The summed E-state index contributed by atoms with van der Waals surface area (Å²) in [6.45, 7) is 0. The molecule has 0 aliphatic rings. The topological polar surface area (TPSA) is 26.0 Å². The molecule has 2 aromatic rings. The third kappa shape index (κ3) is 1.09. The van der Waals surface area contributed by atoms with Gasteiger partial charge in [-0.25, -0.2) is 4.39 Å². The van der Waals surface area contributed by atoms with Crippen LogP contribution in [-0.2, 0) is 0 Å². The van der Waals surface area contributed by atoms with Gasteiger partial charge in [-0.05, 0) is 34.7 Å². The second-order valence-electron chi connectivity index (χ2n) is 2.40. The molecule has 0 amide bonds. The van der Waals surface area contributed by atoms with Crippen LogP contribution in [0.15, 0.2) is 18.2 Å². The number of anilines is 1. The van der Waals surface area contributed by atoms with E-state index in [0.717, 1.165) is 7.58 Å². The van der Waals surface area contributed by atoms with E-state index in [1.165, 1.54) is 17.4 Å². The van der Waals surface area contributed by atoms with Crippen LogP contribution in [-0.4, -0.2) is 0 Å². The smallest absolute Gasteiger partial charge is 0.133 e. The van der Waals surface area contributed by atoms with Gasteiger partial charge in [0.25, 0.3) is 0 Å². The Balaban J connectivity index is 2.97. The predicted molar refractivity (Wildman–Crippen MR) is 58.9 cm³/mol. The van der Waals surface area contributed by atoms with Crippen LogP contribution in [0.25, 0.3) is 10.1 Å². The molecule has 1 aromatic carbocycles. The zero-order valence-corrected chi connectivity index (χ0v) is 8.95. The monoisotopic (exact) mass is 293 g/mol. The Morgan fingerprint density at radius 3 is 2.83 bits per heavy atom. The minimum atomic E-state index is -0.232. The van der Waals surface area contributed by atoms with Gasteiger partial charge >= 0.3 is 0 Å². The molecule has 0 radical (unpaired) electrons. The Bertz CT molecular complexity index is 438. The van der Waals surface area contributed by atoms with Gasteiger partial charge < -0.3 is 5.73 Å². The van der Waals surface area contributed by atoms with Crippen LogP contribution in [0.3, 0.4) is 0 Å². The Morgan fingerprint density at radius 2 is 2.17 bits per heavy atom. The van der Waals surface area contributed by atoms with Crippen molar-refractivity contribution < 1.29 is 4.39 Å². The third-order valence-electron chi connectivity index (χ3n) is 1.66. The van der Waals surface area contributed by atoms with E-state index < -0.39 is 0 Å². The van der Waals surface area contributed by atoms with E-state index in [9.17, 15) is 4.39 Å². The highest BCUT2D eigenvalue weighted by Crippen LogP contribution is 2.35. The van der Waals surface area contributed by atoms with Crippen LogP contribution >= 0.6 is 33.9 Å². The van der Waals surface area contributed by atoms with Gasteiger partial charge in [0, 0.05) is 4.70 Å². The van der Waals surface area contributed by atoms with E-state index in [0.29, 0.717) is 11.1 Å². The first kappa shape index (κ1) is 8.25. The van der Waals surface area contributed by atoms with E-state index >= 15 is 0 Å². The zero-order valence-electron chi connectivity index (χ0n) is 5.97. The van der Waals surface area contributed by atoms with Crippen molar-refractivity contribution in [1.82, 2.24) is 0 Å². The number of nitrogens with two attached hydrogens (primary N) is 1. The van der Waals surface area contributed by atoms with E-state index in [4.69, 9.17) is 5.73 Å². The average molecular weight is 293 g/mol. The Hall–Kier alpha value is -0.360. The number of benzene rings is 1. The predicted octanol–water partition coefficient (Wildman–Crippen LogP) is 3.23. The molecule has 2 rings (SSSR count). The molecule has 62 valence electrons. The molecule has 1 nitrogen and oxygen atoms in total. The fourth-order valence-electron chi connectivity index (χ4n) is 1.10. The highest BCUT2D eigenvalue weighted by molar-refractivity contribution is 14.1. The van der Waals surface area contributed by atoms with Gasteiger partial charge in [-0.15, -0.1) is 11.3 Å². The van der Waals surface area contributed by atoms with E-state index in [1.54, 1.807) is 6.07 Å². The maximum atomic E-state index is 13.2. The summed E-state index contributed by atoms with van der Waals surface area (Å²) in [5, 5.41) is 0.562. The largest absolute Gasteiger partial charge is 0.397 e. The molecule has 1 heterocycles. The number of thiophene rings is 1. The number of hydrogen-bond acceptors (Lipinski definition) is 2. The first-order chi connectivity index (χ1) is 5.70. The summed E-state index contributed by atoms with van der Waals surface area (Å²) in [5.74, 6) is -0.232. The zero-order chi connectivity index (χ0) is 8.72. The van der Waals surface area contributed by atoms with Gasteiger partial charge in [0.2, 0.25) is 0 Å². The summed E-state index contributed by atoms with van der Waals surface area (Å²) < 4.78 is 15.0. The molecule has 0 aliphatic heterocycles. The van der Waals surface area contributed by atoms with Crippen molar-refractivity contribution in [3.05, 3.63) is 26.9 Å². The Labute approximate surface area is 86.5 Å². The number of hydrogen-bond donors (Lipinski definition) is 1. The summed E-state index contributed by atoms with van der Waals surface area (Å²) in [5.41, 5.74) is 6.27. The van der Waals surface area contributed by atoms with E-state index in [2.05, 4.69) is 22.6 Å². The molecule has 0 saturated heterocycles. The Morgan fingerprint density at radius 1 is 1.42 bits per heavy atom. The number of halogens is 2. The highest BCUT2D eigenvalue weighted by atomic mass is 127. The fraction of sp³-hybridized carbons (Fsp3) is 0. The van der Waals surface area contributed by atoms with E-state index in [1.807, 2.05) is 6.07 Å². The van der Waals surface area contributed by atoms with Gasteiger partial charge in [0.15, 0.2) is 0 Å². The SMILES string of the molecule is Nc1c(I)sc2cccc(F)c12. The minimum Gasteiger partial charge on any atom is -0.397 e. The first-order valence-corrected chi connectivity index (χ1v) is 5.21. The van der Waals surface area contributed by atoms with Gasteiger partial charge in [-0.1, -0.05) is 6.07 Å². The Kier molecular flexibility index (Phi) is 1.96. The summed E-state index contributed by atoms with van der Waals surface area (Å²) in [7, 11) is 0. The van der Waals surface area contributed by atoms with Crippen LogP contribution in [0.2, 0.25) is 0 Å². The molecule has 0 spiro atoms. The maximum absolute atomic E-state index is 13.2. The van der Waals surface area contributed by atoms with Crippen molar-refractivity contribution in [2.45, 2.75) is 0 Å². The van der Waals surface area contributed by atoms with Crippen LogP contribution in [0, 0.1) is 8.70 Å². The number of fused-ring (bicyclic) bond motifs is 1. The molecule has 0 saturated carbocycles. The van der Waals surface area contributed by atoms with Crippen molar-refractivity contribution >= 4 is 49.7 Å². The summed E-state index contributed by atoms with van der Waals surface area (Å²) in [4.78, 5) is 0. The molecule has 0 atom stereocenters. The normalized spacial score (nSPS) is 10.8. The molecule has 0 unspecified atom stereocenters. The van der Waals surface area contributed by atoms with Crippen molar-refractivity contribution in [2.24, 2.45) is 0 Å². The average Bonchev–Trinajstić information content (AvgIpc) is 2.29. The quantitative estimate of drug-likeness (QED) is 0.741. The molecule has 12 heavy (non-hydrogen) atoms. The lowest BCUT2D eigenvalue weighted by Gasteiger charge is -1.92. The van der Waals surface area contributed by atoms with Gasteiger partial charge in [0.1, 0.15) is 5.82 Å². The second-order valence-corrected chi connectivity index (χ2v) is 5.27. The van der Waals surface area contributed by atoms with Gasteiger partial charge in [-0.2, -0.15) is 0 Å². The summed E-state index contributed by atoms with van der Waals surface area (Å²) in [6, 6.07) is 5.01. The van der Waals surface area contributed by atoms with Crippen LogP contribution in [0.5, 0.6) is 0 Å². The standard InChI is InChI=1S/C8H5FINS/c9-4-2-1-3-5-6(4)7(11)8(10)12-5/h1-3H,11H2. The molecule has 0 bridgehead atoms. The molecule has 2 N–H and O–H groups in total. The van der Waals surface area contributed by atoms with Crippen molar-refractivity contribution in [1.29, 1.82) is 0 Å².